The summed E-state index contributed by atoms with van der Waals surface area (Å²) < 4.78 is 15.8. The molecule has 0 amide bonds. The monoisotopic (exact) mass is 368 g/mol. The third-order valence-electron chi connectivity index (χ3n) is 4.22. The predicted molar refractivity (Wildman–Crippen MR) is 82.5 cm³/mol. The molecule has 0 radical (unpaired) electrons. The Balaban J connectivity index is 2.75. The molecule has 0 saturated carbocycles. The van der Waals surface area contributed by atoms with Crippen LogP contribution in [-0.4, -0.2) is 98.8 Å². The summed E-state index contributed by atoms with van der Waals surface area (Å²) in [5.41, 5.74) is 0. The summed E-state index contributed by atoms with van der Waals surface area (Å²) in [5.74, 6) is -2.17. The summed E-state index contributed by atoms with van der Waals surface area (Å²) in [7, 11) is 0. The highest BCUT2D eigenvalue weighted by Gasteiger charge is 2.47. The van der Waals surface area contributed by atoms with Crippen molar-refractivity contribution in [3.63, 3.8) is 0 Å². The van der Waals surface area contributed by atoms with E-state index in [0.717, 1.165) is 0 Å². The summed E-state index contributed by atoms with van der Waals surface area (Å²) in [4.78, 5) is 11.2. The van der Waals surface area contributed by atoms with E-state index in [4.69, 9.17) is 24.4 Å². The first-order chi connectivity index (χ1) is 11.6. The average Bonchev–Trinajstić information content (AvgIpc) is 2.58. The quantitative estimate of drug-likeness (QED) is 0.260. The number of carbonyl (C=O) groups is 1. The molecule has 0 aromatic carbocycles. The van der Waals surface area contributed by atoms with Gasteiger partial charge in [0.25, 0.3) is 0 Å². The van der Waals surface area contributed by atoms with Crippen LogP contribution in [0.15, 0.2) is 0 Å². The third kappa shape index (κ3) is 5.56. The lowest BCUT2D eigenvalue weighted by atomic mass is 9.90. The van der Waals surface area contributed by atoms with E-state index in [9.17, 15) is 25.2 Å². The topological polar surface area (TPSA) is 166 Å². The molecular weight excluding hydrogens is 340 g/mol. The van der Waals surface area contributed by atoms with Gasteiger partial charge >= 0.3 is 5.97 Å². The first kappa shape index (κ1) is 22.2. The molecule has 1 rings (SSSR count). The van der Waals surface area contributed by atoms with Gasteiger partial charge in [0.05, 0.1) is 31.5 Å². The molecule has 0 bridgehead atoms. The first-order valence-electron chi connectivity index (χ1n) is 8.09. The van der Waals surface area contributed by atoms with Crippen LogP contribution >= 0.6 is 0 Å². The molecule has 0 aromatic rings. The van der Waals surface area contributed by atoms with Crippen molar-refractivity contribution in [1.29, 1.82) is 0 Å². The van der Waals surface area contributed by atoms with E-state index < -0.39 is 67.5 Å². The molecule has 9 atom stereocenters. The Morgan fingerprint density at radius 1 is 1.16 bits per heavy atom. The van der Waals surface area contributed by atoms with Gasteiger partial charge in [-0.25, -0.2) is 4.79 Å². The Kier molecular flexibility index (Phi) is 8.64. The van der Waals surface area contributed by atoms with Crippen LogP contribution in [0.4, 0.5) is 0 Å². The molecule has 1 fully saturated rings. The smallest absolute Gasteiger partial charge is 0.333 e. The van der Waals surface area contributed by atoms with Crippen molar-refractivity contribution in [2.24, 2.45) is 5.92 Å². The largest absolute Gasteiger partial charge is 0.479 e. The molecule has 10 nitrogen and oxygen atoms in total. The summed E-state index contributed by atoms with van der Waals surface area (Å²) in [6, 6.07) is 0. The van der Waals surface area contributed by atoms with Crippen LogP contribution < -0.4 is 0 Å². The zero-order chi connectivity index (χ0) is 19.3. The molecule has 0 aliphatic carbocycles. The highest BCUT2D eigenvalue weighted by molar-refractivity contribution is 5.73. The second-order valence-electron chi connectivity index (χ2n) is 6.29. The molecule has 1 aliphatic rings. The zero-order valence-corrected chi connectivity index (χ0v) is 14.4. The number of hydrogen-bond acceptors (Lipinski definition) is 9. The van der Waals surface area contributed by atoms with Gasteiger partial charge in [-0.3, -0.25) is 0 Å². The molecule has 1 aliphatic heterocycles. The van der Waals surface area contributed by atoms with E-state index in [-0.39, 0.29) is 6.61 Å². The van der Waals surface area contributed by atoms with Crippen LogP contribution in [0.25, 0.3) is 0 Å². The van der Waals surface area contributed by atoms with E-state index in [1.54, 1.807) is 6.92 Å². The Bertz CT molecular complexity index is 419. The minimum atomic E-state index is -1.51. The average molecular weight is 368 g/mol. The van der Waals surface area contributed by atoms with Crippen LogP contribution in [0, 0.1) is 5.92 Å². The Morgan fingerprint density at radius 2 is 1.76 bits per heavy atom. The number of carboxylic acid groups (broad SMARTS) is 1. The number of aliphatic hydroxyl groups excluding tert-OH is 5. The van der Waals surface area contributed by atoms with Gasteiger partial charge in [-0.05, 0) is 13.8 Å². The minimum absolute atomic E-state index is 0.312. The molecule has 0 spiro atoms. The zero-order valence-electron chi connectivity index (χ0n) is 14.4. The Morgan fingerprint density at radius 3 is 2.24 bits per heavy atom. The van der Waals surface area contributed by atoms with Crippen molar-refractivity contribution in [3.8, 4) is 0 Å². The first-order valence-corrected chi connectivity index (χ1v) is 8.09. The van der Waals surface area contributed by atoms with Gasteiger partial charge in [-0.2, -0.15) is 0 Å². The lowest BCUT2D eigenvalue weighted by Gasteiger charge is -2.41. The second-order valence-corrected chi connectivity index (χ2v) is 6.29. The van der Waals surface area contributed by atoms with Crippen molar-refractivity contribution < 1.29 is 49.6 Å². The molecule has 25 heavy (non-hydrogen) atoms. The van der Waals surface area contributed by atoms with Gasteiger partial charge in [0.1, 0.15) is 18.3 Å². The van der Waals surface area contributed by atoms with Gasteiger partial charge in [-0.15, -0.1) is 0 Å². The van der Waals surface area contributed by atoms with Crippen LogP contribution in [-0.2, 0) is 19.0 Å². The summed E-state index contributed by atoms with van der Waals surface area (Å²) in [6.07, 6.45) is -9.84. The predicted octanol–water partition coefficient (Wildman–Crippen LogP) is -2.32. The number of aliphatic carboxylic acids is 1. The van der Waals surface area contributed by atoms with Crippen molar-refractivity contribution in [3.05, 3.63) is 0 Å². The number of carboxylic acids is 1. The second kappa shape index (κ2) is 9.74. The molecule has 0 aromatic heterocycles. The summed E-state index contributed by atoms with van der Waals surface area (Å²) in [6.45, 7) is 3.52. The fourth-order valence-electron chi connectivity index (χ4n) is 2.56. The van der Waals surface area contributed by atoms with E-state index in [1.165, 1.54) is 13.8 Å². The van der Waals surface area contributed by atoms with Crippen LogP contribution in [0.2, 0.25) is 0 Å². The van der Waals surface area contributed by atoms with E-state index >= 15 is 0 Å². The van der Waals surface area contributed by atoms with Gasteiger partial charge in [0.2, 0.25) is 0 Å². The highest BCUT2D eigenvalue weighted by Crippen LogP contribution is 2.28. The molecule has 10 heteroatoms. The van der Waals surface area contributed by atoms with Crippen molar-refractivity contribution >= 4 is 5.97 Å². The van der Waals surface area contributed by atoms with Crippen molar-refractivity contribution in [2.45, 2.75) is 69.8 Å². The number of hydrogen-bond donors (Lipinski definition) is 6. The van der Waals surface area contributed by atoms with E-state index in [2.05, 4.69) is 0 Å². The summed E-state index contributed by atoms with van der Waals surface area (Å²) >= 11 is 0. The standard InChI is InChI=1S/C15H28O10/c1-6(4-16)23-9(5-17)11(19)8(3)24-15-12(20)10(18)7(2)13(25-15)14(21)22/h6-13,15-20H,4-5H2,1-3H3,(H,21,22)/t6?,7?,8?,9-,10?,11?,12?,13?,15?/m1/s1. The van der Waals surface area contributed by atoms with Gasteiger partial charge in [0, 0.05) is 5.92 Å². The SMILES string of the molecule is CC(CO)O[C@H](CO)C(O)C(C)OC1OC(C(=O)O)C(C)C(O)C1O. The minimum Gasteiger partial charge on any atom is -0.479 e. The number of aliphatic hydroxyl groups is 5. The third-order valence-corrected chi connectivity index (χ3v) is 4.22. The lowest BCUT2D eigenvalue weighted by molar-refractivity contribution is -0.302. The molecule has 8 unspecified atom stereocenters. The van der Waals surface area contributed by atoms with Gasteiger partial charge in [-0.1, -0.05) is 6.92 Å². The maximum Gasteiger partial charge on any atom is 0.333 e. The fraction of sp³-hybridized carbons (Fsp3) is 0.933. The maximum absolute atomic E-state index is 11.2. The van der Waals surface area contributed by atoms with E-state index in [1.807, 2.05) is 0 Å². The fourth-order valence-corrected chi connectivity index (χ4v) is 2.56. The van der Waals surface area contributed by atoms with Crippen molar-refractivity contribution in [1.82, 2.24) is 0 Å². The summed E-state index contributed by atoms with van der Waals surface area (Å²) in [5, 5.41) is 57.6. The maximum atomic E-state index is 11.2. The number of ether oxygens (including phenoxy) is 3. The molecule has 6 N–H and O–H groups in total. The molecule has 148 valence electrons. The van der Waals surface area contributed by atoms with Crippen LogP contribution in [0.1, 0.15) is 20.8 Å². The number of rotatable bonds is 9. The van der Waals surface area contributed by atoms with E-state index in [0.29, 0.717) is 0 Å². The molecular formula is C15H28O10. The molecule has 1 heterocycles. The normalized spacial score (nSPS) is 35.0. The van der Waals surface area contributed by atoms with Crippen LogP contribution in [0.3, 0.4) is 0 Å². The van der Waals surface area contributed by atoms with Crippen LogP contribution in [0.5, 0.6) is 0 Å². The Labute approximate surface area is 145 Å². The highest BCUT2D eigenvalue weighted by atomic mass is 16.7. The van der Waals surface area contributed by atoms with Crippen molar-refractivity contribution in [2.75, 3.05) is 13.2 Å². The molecule has 1 saturated heterocycles. The van der Waals surface area contributed by atoms with Gasteiger partial charge < -0.3 is 44.8 Å². The lowest BCUT2D eigenvalue weighted by Crippen LogP contribution is -2.58. The Hall–Kier alpha value is -0.850. The van der Waals surface area contributed by atoms with Gasteiger partial charge in [0.15, 0.2) is 12.4 Å².